The molecular formula is C17H14F2N2O7S. The smallest absolute Gasteiger partial charge is 0.452 e. The average Bonchev–Trinajstić information content (AvgIpc) is 2.92. The predicted octanol–water partition coefficient (Wildman–Crippen LogP) is 2.18. The van der Waals surface area contributed by atoms with E-state index in [1.165, 1.54) is 36.4 Å². The molecule has 29 heavy (non-hydrogen) atoms. The fourth-order valence-corrected chi connectivity index (χ4v) is 2.96. The SMILES string of the molecule is CS(=O)(=O)Nc1ccccc1C(=O)OCC(=O)Nc1ccc2c(c1)OC(F)(F)O2. The van der Waals surface area contributed by atoms with Crippen molar-refractivity contribution in [3.8, 4) is 11.5 Å². The minimum absolute atomic E-state index is 0.00268. The number of carbonyl (C=O) groups is 2. The van der Waals surface area contributed by atoms with Crippen molar-refractivity contribution in [1.82, 2.24) is 0 Å². The number of rotatable bonds is 6. The van der Waals surface area contributed by atoms with Crippen molar-refractivity contribution >= 4 is 33.3 Å². The lowest BCUT2D eigenvalue weighted by molar-refractivity contribution is -0.286. The Morgan fingerprint density at radius 1 is 1.10 bits per heavy atom. The van der Waals surface area contributed by atoms with Crippen LogP contribution in [0.2, 0.25) is 0 Å². The first kappa shape index (κ1) is 20.3. The molecular weight excluding hydrogens is 414 g/mol. The van der Waals surface area contributed by atoms with Gasteiger partial charge in [-0.25, -0.2) is 13.2 Å². The monoisotopic (exact) mass is 428 g/mol. The molecule has 2 N–H and O–H groups in total. The highest BCUT2D eigenvalue weighted by Crippen LogP contribution is 2.42. The van der Waals surface area contributed by atoms with Crippen LogP contribution in [0.1, 0.15) is 10.4 Å². The first-order valence-electron chi connectivity index (χ1n) is 7.96. The van der Waals surface area contributed by atoms with Crippen molar-refractivity contribution in [3.05, 3.63) is 48.0 Å². The number of benzene rings is 2. The molecule has 0 saturated heterocycles. The molecule has 0 aromatic heterocycles. The number of halogens is 2. The van der Waals surface area contributed by atoms with Crippen LogP contribution >= 0.6 is 0 Å². The minimum atomic E-state index is -3.78. The van der Waals surface area contributed by atoms with Crippen LogP contribution < -0.4 is 19.5 Å². The third-order valence-electron chi connectivity index (χ3n) is 3.46. The molecule has 12 heteroatoms. The molecule has 2 aromatic rings. The number of para-hydroxylation sites is 1. The van der Waals surface area contributed by atoms with Crippen molar-refractivity contribution in [3.63, 3.8) is 0 Å². The summed E-state index contributed by atoms with van der Waals surface area (Å²) in [5.41, 5.74) is 0.0263. The third kappa shape index (κ3) is 5.31. The van der Waals surface area contributed by atoms with Crippen molar-refractivity contribution in [2.24, 2.45) is 0 Å². The summed E-state index contributed by atoms with van der Waals surface area (Å²) in [7, 11) is -3.63. The van der Waals surface area contributed by atoms with E-state index >= 15 is 0 Å². The van der Waals surface area contributed by atoms with Crippen LogP contribution in [0, 0.1) is 0 Å². The Kier molecular flexibility index (Phi) is 5.29. The lowest BCUT2D eigenvalue weighted by Gasteiger charge is -2.11. The zero-order valence-corrected chi connectivity index (χ0v) is 15.6. The molecule has 0 atom stereocenters. The fraction of sp³-hybridized carbons (Fsp3) is 0.176. The van der Waals surface area contributed by atoms with Crippen molar-refractivity contribution in [1.29, 1.82) is 0 Å². The van der Waals surface area contributed by atoms with E-state index in [-0.39, 0.29) is 28.4 Å². The molecule has 0 spiro atoms. The van der Waals surface area contributed by atoms with Gasteiger partial charge in [-0.15, -0.1) is 8.78 Å². The molecule has 0 unspecified atom stereocenters. The van der Waals surface area contributed by atoms with Crippen LogP contribution in [0.5, 0.6) is 11.5 Å². The second-order valence-corrected chi connectivity index (χ2v) is 7.62. The van der Waals surface area contributed by atoms with E-state index in [2.05, 4.69) is 19.5 Å². The Bertz CT molecular complexity index is 1070. The number of sulfonamides is 1. The average molecular weight is 428 g/mol. The first-order valence-corrected chi connectivity index (χ1v) is 9.85. The summed E-state index contributed by atoms with van der Waals surface area (Å²) in [6, 6.07) is 9.31. The van der Waals surface area contributed by atoms with Gasteiger partial charge in [0.1, 0.15) is 0 Å². The Morgan fingerprint density at radius 2 is 1.79 bits per heavy atom. The van der Waals surface area contributed by atoms with Gasteiger partial charge in [0.25, 0.3) is 5.91 Å². The van der Waals surface area contributed by atoms with E-state index in [9.17, 15) is 26.8 Å². The van der Waals surface area contributed by atoms with Gasteiger partial charge >= 0.3 is 12.3 Å². The lowest BCUT2D eigenvalue weighted by Crippen LogP contribution is -2.25. The van der Waals surface area contributed by atoms with Crippen LogP contribution in [0.4, 0.5) is 20.2 Å². The molecule has 154 valence electrons. The van der Waals surface area contributed by atoms with E-state index in [1.54, 1.807) is 0 Å². The second kappa shape index (κ2) is 7.54. The second-order valence-electron chi connectivity index (χ2n) is 5.87. The quantitative estimate of drug-likeness (QED) is 0.677. The summed E-state index contributed by atoms with van der Waals surface area (Å²) >= 11 is 0. The highest BCUT2D eigenvalue weighted by molar-refractivity contribution is 7.92. The molecule has 3 rings (SSSR count). The van der Waals surface area contributed by atoms with Crippen molar-refractivity contribution in [2.75, 3.05) is 22.9 Å². The van der Waals surface area contributed by atoms with Gasteiger partial charge < -0.3 is 19.5 Å². The van der Waals surface area contributed by atoms with E-state index in [0.717, 1.165) is 12.3 Å². The molecule has 9 nitrogen and oxygen atoms in total. The number of amides is 1. The number of anilines is 2. The van der Waals surface area contributed by atoms with Gasteiger partial charge in [-0.2, -0.15) is 0 Å². The van der Waals surface area contributed by atoms with Gasteiger partial charge in [0.05, 0.1) is 17.5 Å². The number of fused-ring (bicyclic) bond motifs is 1. The van der Waals surface area contributed by atoms with Crippen molar-refractivity contribution in [2.45, 2.75) is 6.29 Å². The summed E-state index contributed by atoms with van der Waals surface area (Å²) in [4.78, 5) is 24.1. The maximum Gasteiger partial charge on any atom is 0.586 e. The van der Waals surface area contributed by atoms with Gasteiger partial charge in [-0.05, 0) is 24.3 Å². The maximum atomic E-state index is 13.0. The van der Waals surface area contributed by atoms with E-state index in [0.29, 0.717) is 0 Å². The fourth-order valence-electron chi connectivity index (χ4n) is 2.38. The molecule has 0 fully saturated rings. The van der Waals surface area contributed by atoms with E-state index < -0.39 is 34.8 Å². The van der Waals surface area contributed by atoms with Crippen LogP contribution in [0.3, 0.4) is 0 Å². The third-order valence-corrected chi connectivity index (χ3v) is 4.05. The van der Waals surface area contributed by atoms with Crippen LogP contribution in [-0.4, -0.2) is 39.5 Å². The Morgan fingerprint density at radius 3 is 2.52 bits per heavy atom. The number of esters is 1. The van der Waals surface area contributed by atoms with Gasteiger partial charge in [0, 0.05) is 11.8 Å². The highest BCUT2D eigenvalue weighted by Gasteiger charge is 2.43. The highest BCUT2D eigenvalue weighted by atomic mass is 32.2. The van der Waals surface area contributed by atoms with Gasteiger partial charge in [0.15, 0.2) is 18.1 Å². The van der Waals surface area contributed by atoms with Crippen LogP contribution in [0.25, 0.3) is 0 Å². The normalized spacial score (nSPS) is 14.2. The minimum Gasteiger partial charge on any atom is -0.452 e. The summed E-state index contributed by atoms with van der Waals surface area (Å²) in [5.74, 6) is -2.13. The summed E-state index contributed by atoms with van der Waals surface area (Å²) in [6.45, 7) is -0.698. The number of ether oxygens (including phenoxy) is 3. The standard InChI is InChI=1S/C17H14F2N2O7S/c1-29(24,25)21-12-5-3-2-4-11(12)16(23)26-9-15(22)20-10-6-7-13-14(8-10)28-17(18,19)27-13/h2-8,21H,9H2,1H3,(H,20,22). The zero-order valence-electron chi connectivity index (χ0n) is 14.8. The van der Waals surface area contributed by atoms with E-state index in [4.69, 9.17) is 4.74 Å². The number of alkyl halides is 2. The Balaban J connectivity index is 1.60. The van der Waals surface area contributed by atoms with Crippen LogP contribution in [0.15, 0.2) is 42.5 Å². The Hall–Kier alpha value is -3.41. The number of carbonyl (C=O) groups excluding carboxylic acids is 2. The molecule has 0 radical (unpaired) electrons. The van der Waals surface area contributed by atoms with Crippen LogP contribution in [-0.2, 0) is 19.6 Å². The summed E-state index contributed by atoms with van der Waals surface area (Å²) in [6.07, 6.45) is -2.86. The molecule has 1 aliphatic rings. The van der Waals surface area contributed by atoms with E-state index in [1.807, 2.05) is 0 Å². The maximum absolute atomic E-state index is 13.0. The van der Waals surface area contributed by atoms with Gasteiger partial charge in [-0.3, -0.25) is 9.52 Å². The molecule has 2 aromatic carbocycles. The topological polar surface area (TPSA) is 120 Å². The zero-order chi connectivity index (χ0) is 21.2. The number of hydrogen-bond donors (Lipinski definition) is 2. The predicted molar refractivity (Wildman–Crippen MR) is 96.5 cm³/mol. The molecule has 1 amide bonds. The molecule has 1 aliphatic heterocycles. The number of hydrogen-bond acceptors (Lipinski definition) is 7. The van der Waals surface area contributed by atoms with Crippen molar-refractivity contribution < 1.29 is 41.0 Å². The molecule has 0 bridgehead atoms. The Labute approximate surface area is 163 Å². The largest absolute Gasteiger partial charge is 0.586 e. The number of nitrogens with one attached hydrogen (secondary N) is 2. The molecule has 0 aliphatic carbocycles. The van der Waals surface area contributed by atoms with Gasteiger partial charge in [-0.1, -0.05) is 12.1 Å². The summed E-state index contributed by atoms with van der Waals surface area (Å²) < 4.78 is 64.3. The summed E-state index contributed by atoms with van der Waals surface area (Å²) in [5, 5.41) is 2.35. The lowest BCUT2D eigenvalue weighted by atomic mass is 10.2. The molecule has 1 heterocycles. The molecule has 0 saturated carbocycles. The first-order chi connectivity index (χ1) is 13.5. The van der Waals surface area contributed by atoms with Gasteiger partial charge in [0.2, 0.25) is 10.0 Å².